The van der Waals surface area contributed by atoms with Crippen LogP contribution < -0.4 is 20.9 Å². The maximum absolute atomic E-state index is 12.8. The van der Waals surface area contributed by atoms with E-state index in [1.54, 1.807) is 58.0 Å². The van der Waals surface area contributed by atoms with Crippen molar-refractivity contribution >= 4 is 24.4 Å². The van der Waals surface area contributed by atoms with E-state index < -0.39 is 60.5 Å². The van der Waals surface area contributed by atoms with Crippen LogP contribution in [-0.4, -0.2) is 62.3 Å². The van der Waals surface area contributed by atoms with E-state index in [0.29, 0.717) is 5.75 Å². The van der Waals surface area contributed by atoms with Gasteiger partial charge in [-0.25, -0.2) is 9.88 Å². The fraction of sp³-hybridized carbons (Fsp3) is 0.480. The topological polar surface area (TPSA) is 161 Å². The van der Waals surface area contributed by atoms with Crippen molar-refractivity contribution in [1.82, 2.24) is 14.6 Å². The molecule has 4 N–H and O–H groups in total. The number of ether oxygens (including phenoxy) is 2. The largest absolute Gasteiger partial charge is 0.462 e. The lowest BCUT2D eigenvalue weighted by Crippen LogP contribution is -2.48. The van der Waals surface area contributed by atoms with Gasteiger partial charge in [-0.3, -0.25) is 19.1 Å². The molecule has 1 aromatic heterocycles. The van der Waals surface area contributed by atoms with Gasteiger partial charge in [0.05, 0.1) is 12.7 Å². The number of benzene rings is 1. The quantitative estimate of drug-likeness (QED) is 0.171. The second-order valence-corrected chi connectivity index (χ2v) is 12.6. The highest BCUT2D eigenvalue weighted by atomic mass is 32.5. The van der Waals surface area contributed by atoms with E-state index in [0.717, 1.165) is 16.8 Å². The molecule has 39 heavy (non-hydrogen) atoms. The monoisotopic (exact) mass is 581 g/mol. The number of aliphatic hydroxyl groups excluding tert-OH is 1. The predicted octanol–water partition coefficient (Wildman–Crippen LogP) is 1.05. The summed E-state index contributed by atoms with van der Waals surface area (Å²) in [6.45, 7) is 3.05. The van der Waals surface area contributed by atoms with E-state index in [4.69, 9.17) is 36.8 Å². The van der Waals surface area contributed by atoms with Gasteiger partial charge in [0.25, 0.3) is 5.56 Å². The van der Waals surface area contributed by atoms with Crippen molar-refractivity contribution in [1.29, 1.82) is 0 Å². The molecule has 3 rings (SSSR count). The summed E-state index contributed by atoms with van der Waals surface area (Å²) in [5.41, 5.74) is -3.93. The number of aromatic amines is 1. The zero-order valence-electron chi connectivity index (χ0n) is 21.8. The molecule has 0 aliphatic carbocycles. The summed E-state index contributed by atoms with van der Waals surface area (Å²) < 4.78 is 24.0. The van der Waals surface area contributed by atoms with Gasteiger partial charge in [-0.05, 0) is 43.7 Å². The van der Waals surface area contributed by atoms with Gasteiger partial charge in [0.15, 0.2) is 11.8 Å². The van der Waals surface area contributed by atoms with Crippen LogP contribution in [0.2, 0.25) is 0 Å². The van der Waals surface area contributed by atoms with Crippen molar-refractivity contribution in [2.45, 2.75) is 63.9 Å². The van der Waals surface area contributed by atoms with Gasteiger partial charge < -0.3 is 28.7 Å². The number of carbonyl (C=O) groups excluding carboxylic acids is 1. The summed E-state index contributed by atoms with van der Waals surface area (Å²) in [4.78, 5) is 38.7. The van der Waals surface area contributed by atoms with Gasteiger partial charge in [-0.2, -0.15) is 0 Å². The summed E-state index contributed by atoms with van der Waals surface area (Å²) in [6, 6.07) is 8.68. The zero-order valence-corrected chi connectivity index (χ0v) is 23.6. The number of terminal acetylenes is 1. The van der Waals surface area contributed by atoms with Crippen LogP contribution in [0.15, 0.2) is 52.2 Å². The van der Waals surface area contributed by atoms with E-state index in [1.165, 1.54) is 0 Å². The number of nitrogens with zero attached hydrogens (tertiary/aromatic N) is 1. The van der Waals surface area contributed by atoms with Crippen molar-refractivity contribution < 1.29 is 33.5 Å². The highest BCUT2D eigenvalue weighted by Crippen LogP contribution is 2.47. The summed E-state index contributed by atoms with van der Waals surface area (Å²) in [5, 5.41) is 24.9. The van der Waals surface area contributed by atoms with Crippen LogP contribution in [0.4, 0.5) is 0 Å². The van der Waals surface area contributed by atoms with E-state index in [9.17, 15) is 24.6 Å². The molecule has 0 bridgehead atoms. The van der Waals surface area contributed by atoms with E-state index in [2.05, 4.69) is 11.0 Å². The molecule has 1 fully saturated rings. The van der Waals surface area contributed by atoms with Gasteiger partial charge in [0.1, 0.15) is 24.0 Å². The zero-order chi connectivity index (χ0) is 29.0. The first-order valence-electron chi connectivity index (χ1n) is 12.1. The molecule has 0 radical (unpaired) electrons. The van der Waals surface area contributed by atoms with Crippen LogP contribution >= 0.6 is 6.64 Å². The summed E-state index contributed by atoms with van der Waals surface area (Å²) in [6.07, 6.45) is 1.67. The van der Waals surface area contributed by atoms with Crippen molar-refractivity contribution in [2.75, 3.05) is 6.61 Å². The molecule has 2 heterocycles. The van der Waals surface area contributed by atoms with Gasteiger partial charge in [-0.1, -0.05) is 38.0 Å². The lowest BCUT2D eigenvalue weighted by Gasteiger charge is -2.31. The molecule has 12 nitrogen and oxygen atoms in total. The Bertz CT molecular complexity index is 1360. The number of H-pyrrole nitrogens is 1. The van der Waals surface area contributed by atoms with Gasteiger partial charge in [-0.15, -0.1) is 6.42 Å². The first kappa shape index (κ1) is 30.7. The van der Waals surface area contributed by atoms with E-state index in [1.807, 2.05) is 4.98 Å². The Morgan fingerprint density at radius 3 is 2.51 bits per heavy atom. The molecule has 1 aromatic carbocycles. The summed E-state index contributed by atoms with van der Waals surface area (Å²) in [5.74, 6) is 1.62. The average molecular weight is 582 g/mol. The standard InChI is InChI=1S/C25H32N3O9PS/c1-6-25(33)21(30)18(36-23(25)28-13-12-19(29)26-24(28)32)14-34-38(39,37-17-10-8-7-9-11-17)27-20(15(2)3)22(31)35-16(4)5/h1,7-13,15-16,18,20-21,23,30,33H,14H2,2-5H3,(H,27,39)(H,26,29,32). The lowest BCUT2D eigenvalue weighted by atomic mass is 9.95. The van der Waals surface area contributed by atoms with Crippen LogP contribution in [0.25, 0.3) is 0 Å². The first-order chi connectivity index (χ1) is 18.3. The maximum Gasteiger partial charge on any atom is 0.330 e. The number of hydrogen-bond acceptors (Lipinski definition) is 10. The number of rotatable bonds is 11. The molecule has 6 atom stereocenters. The van der Waals surface area contributed by atoms with Crippen molar-refractivity contribution in [2.24, 2.45) is 5.92 Å². The summed E-state index contributed by atoms with van der Waals surface area (Å²) in [7, 11) is 0. The fourth-order valence-electron chi connectivity index (χ4n) is 3.78. The molecule has 1 aliphatic heterocycles. The Morgan fingerprint density at radius 2 is 1.95 bits per heavy atom. The molecule has 2 aromatic rings. The van der Waals surface area contributed by atoms with Crippen LogP contribution in [0.5, 0.6) is 5.75 Å². The van der Waals surface area contributed by atoms with Crippen LogP contribution in [0, 0.1) is 18.3 Å². The Balaban J connectivity index is 1.89. The maximum atomic E-state index is 12.8. The van der Waals surface area contributed by atoms with Crippen molar-refractivity contribution in [3.8, 4) is 18.1 Å². The second-order valence-electron chi connectivity index (χ2n) is 9.49. The first-order valence-corrected chi connectivity index (χ1v) is 14.8. The average Bonchev–Trinajstić information content (AvgIpc) is 3.12. The minimum absolute atomic E-state index is 0.266. The smallest absolute Gasteiger partial charge is 0.330 e. The van der Waals surface area contributed by atoms with E-state index in [-0.39, 0.29) is 12.0 Å². The number of esters is 1. The molecular weight excluding hydrogens is 549 g/mol. The molecule has 0 saturated carbocycles. The Kier molecular flexibility index (Phi) is 9.90. The number of hydrogen-bond donors (Lipinski definition) is 4. The number of aromatic nitrogens is 2. The van der Waals surface area contributed by atoms with Gasteiger partial charge in [0, 0.05) is 12.3 Å². The number of para-hydroxylation sites is 1. The molecule has 212 valence electrons. The Hall–Kier alpha value is -2.82. The highest BCUT2D eigenvalue weighted by molar-refractivity contribution is 8.09. The van der Waals surface area contributed by atoms with Crippen LogP contribution in [0.3, 0.4) is 0 Å². The molecule has 14 heteroatoms. The lowest BCUT2D eigenvalue weighted by molar-refractivity contribution is -0.150. The number of nitrogens with one attached hydrogen (secondary N) is 2. The summed E-state index contributed by atoms with van der Waals surface area (Å²) >= 11 is 5.74. The highest BCUT2D eigenvalue weighted by Gasteiger charge is 2.56. The number of aliphatic hydroxyl groups is 2. The minimum Gasteiger partial charge on any atom is -0.462 e. The minimum atomic E-state index is -3.54. The molecule has 1 saturated heterocycles. The fourth-order valence-corrected chi connectivity index (χ4v) is 6.23. The Labute approximate surface area is 230 Å². The second kappa shape index (κ2) is 12.6. The van der Waals surface area contributed by atoms with Crippen LogP contribution in [-0.2, 0) is 30.6 Å². The normalized spacial score (nSPS) is 25.2. The van der Waals surface area contributed by atoms with E-state index >= 15 is 0 Å². The molecule has 6 unspecified atom stereocenters. The van der Waals surface area contributed by atoms with Crippen molar-refractivity contribution in [3.63, 3.8) is 0 Å². The molecule has 0 amide bonds. The van der Waals surface area contributed by atoms with Gasteiger partial charge in [0.2, 0.25) is 0 Å². The molecular formula is C25H32N3O9PS. The molecule has 0 spiro atoms. The Morgan fingerprint density at radius 1 is 1.28 bits per heavy atom. The SMILES string of the molecule is C#CC1(O)C(O)C(COP(=S)(NC(C(=O)OC(C)C)C(C)C)Oc2ccccc2)OC1n1ccc(=O)[nH]c1=O. The number of carbonyl (C=O) groups is 1. The third-order valence-corrected chi connectivity index (χ3v) is 8.16. The van der Waals surface area contributed by atoms with Crippen LogP contribution in [0.1, 0.15) is 33.9 Å². The van der Waals surface area contributed by atoms with Gasteiger partial charge >= 0.3 is 18.3 Å². The van der Waals surface area contributed by atoms with Crippen molar-refractivity contribution in [3.05, 3.63) is 63.4 Å². The molecule has 1 aliphatic rings. The third-order valence-electron chi connectivity index (χ3n) is 5.77. The third kappa shape index (κ3) is 7.23. The predicted molar refractivity (Wildman–Crippen MR) is 145 cm³/mol.